The van der Waals surface area contributed by atoms with Gasteiger partial charge in [-0.2, -0.15) is 5.10 Å². The first kappa shape index (κ1) is 6.35. The van der Waals surface area contributed by atoms with E-state index < -0.39 is 0 Å². The number of hydrogen-bond donors (Lipinski definition) is 3. The van der Waals surface area contributed by atoms with Crippen LogP contribution in [0.2, 0.25) is 0 Å². The first-order valence-corrected chi connectivity index (χ1v) is 3.11. The predicted octanol–water partition coefficient (Wildman–Crippen LogP) is -1.03. The summed E-state index contributed by atoms with van der Waals surface area (Å²) in [4.78, 5) is 0. The molecule has 0 aromatic rings. The minimum atomic E-state index is 0.231. The van der Waals surface area contributed by atoms with E-state index in [2.05, 4.69) is 10.4 Å². The minimum absolute atomic E-state index is 0.231. The van der Waals surface area contributed by atoms with E-state index in [-0.39, 0.29) is 6.04 Å². The maximum Gasteiger partial charge on any atom is 0.136 e. The third-order valence-corrected chi connectivity index (χ3v) is 1.57. The topological polar surface area (TPSA) is 76.4 Å². The second-order valence-corrected chi connectivity index (χ2v) is 2.20. The average Bonchev–Trinajstić information content (AvgIpc) is 2.37. The van der Waals surface area contributed by atoms with E-state index in [0.29, 0.717) is 5.84 Å². The molecular formula is C5H12N4. The lowest BCUT2D eigenvalue weighted by molar-refractivity contribution is 0.752. The molecule has 0 aromatic heterocycles. The monoisotopic (exact) mass is 128 g/mol. The molecular weight excluding hydrogens is 116 g/mol. The molecule has 0 aromatic carbocycles. The van der Waals surface area contributed by atoms with Gasteiger partial charge in [-0.3, -0.25) is 0 Å². The zero-order chi connectivity index (χ0) is 6.69. The van der Waals surface area contributed by atoms with Crippen LogP contribution in [0, 0.1) is 0 Å². The van der Waals surface area contributed by atoms with Gasteiger partial charge in [-0.25, -0.2) is 0 Å². The SMILES string of the molecule is NN=C(N)C1CCCN1. The Balaban J connectivity index is 2.42. The Morgan fingerprint density at radius 1 is 1.67 bits per heavy atom. The van der Waals surface area contributed by atoms with Gasteiger partial charge in [-0.15, -0.1) is 0 Å². The fraction of sp³-hybridized carbons (Fsp3) is 0.800. The Kier molecular flexibility index (Phi) is 1.89. The van der Waals surface area contributed by atoms with Gasteiger partial charge in [0.1, 0.15) is 5.84 Å². The summed E-state index contributed by atoms with van der Waals surface area (Å²) in [6.07, 6.45) is 2.23. The molecule has 0 bridgehead atoms. The standard InChI is InChI=1S/C5H12N4/c6-5(9-7)4-2-1-3-8-4/h4,8H,1-3,7H2,(H2,6,9). The fourth-order valence-corrected chi connectivity index (χ4v) is 1.03. The highest BCUT2D eigenvalue weighted by Crippen LogP contribution is 2.03. The Labute approximate surface area is 54.3 Å². The van der Waals surface area contributed by atoms with Gasteiger partial charge in [0, 0.05) is 0 Å². The van der Waals surface area contributed by atoms with Crippen molar-refractivity contribution in [2.24, 2.45) is 16.7 Å². The lowest BCUT2D eigenvalue weighted by Gasteiger charge is -2.06. The maximum absolute atomic E-state index is 5.44. The highest BCUT2D eigenvalue weighted by molar-refractivity contribution is 5.85. The molecule has 9 heavy (non-hydrogen) atoms. The van der Waals surface area contributed by atoms with E-state index in [1.807, 2.05) is 0 Å². The largest absolute Gasteiger partial charge is 0.384 e. The molecule has 1 saturated heterocycles. The van der Waals surface area contributed by atoms with Gasteiger partial charge in [-0.05, 0) is 19.4 Å². The van der Waals surface area contributed by atoms with E-state index >= 15 is 0 Å². The summed E-state index contributed by atoms with van der Waals surface area (Å²) in [6.45, 7) is 1.03. The maximum atomic E-state index is 5.44. The first-order chi connectivity index (χ1) is 4.34. The second-order valence-electron chi connectivity index (χ2n) is 2.20. The molecule has 1 aliphatic heterocycles. The number of nitrogens with one attached hydrogen (secondary N) is 1. The van der Waals surface area contributed by atoms with E-state index in [4.69, 9.17) is 11.6 Å². The van der Waals surface area contributed by atoms with Crippen molar-refractivity contribution in [3.8, 4) is 0 Å². The number of hydrogen-bond acceptors (Lipinski definition) is 3. The van der Waals surface area contributed by atoms with Crippen molar-refractivity contribution >= 4 is 5.84 Å². The van der Waals surface area contributed by atoms with Crippen LogP contribution in [0.15, 0.2) is 5.10 Å². The Morgan fingerprint density at radius 2 is 2.44 bits per heavy atom. The van der Waals surface area contributed by atoms with E-state index in [1.165, 1.54) is 6.42 Å². The van der Waals surface area contributed by atoms with E-state index in [9.17, 15) is 0 Å². The Hall–Kier alpha value is -0.770. The summed E-state index contributed by atoms with van der Waals surface area (Å²) in [5, 5.41) is 6.57. The zero-order valence-corrected chi connectivity index (χ0v) is 5.30. The zero-order valence-electron chi connectivity index (χ0n) is 5.30. The van der Waals surface area contributed by atoms with Gasteiger partial charge < -0.3 is 16.9 Å². The first-order valence-electron chi connectivity index (χ1n) is 3.11. The molecule has 4 nitrogen and oxygen atoms in total. The Bertz CT molecular complexity index is 114. The summed E-state index contributed by atoms with van der Waals surface area (Å²) in [5.41, 5.74) is 5.44. The predicted molar refractivity (Wildman–Crippen MR) is 36.8 cm³/mol. The molecule has 1 heterocycles. The van der Waals surface area contributed by atoms with Crippen molar-refractivity contribution in [3.05, 3.63) is 0 Å². The average molecular weight is 128 g/mol. The van der Waals surface area contributed by atoms with Crippen molar-refractivity contribution in [1.29, 1.82) is 0 Å². The van der Waals surface area contributed by atoms with Crippen molar-refractivity contribution in [3.63, 3.8) is 0 Å². The van der Waals surface area contributed by atoms with Gasteiger partial charge >= 0.3 is 0 Å². The molecule has 0 aliphatic carbocycles. The molecule has 5 N–H and O–H groups in total. The van der Waals surface area contributed by atoms with Crippen molar-refractivity contribution in [2.75, 3.05) is 6.54 Å². The molecule has 1 atom stereocenters. The van der Waals surface area contributed by atoms with Gasteiger partial charge in [0.25, 0.3) is 0 Å². The number of rotatable bonds is 1. The third-order valence-electron chi connectivity index (χ3n) is 1.57. The van der Waals surface area contributed by atoms with Gasteiger partial charge in [0.05, 0.1) is 6.04 Å². The van der Waals surface area contributed by atoms with Crippen molar-refractivity contribution in [2.45, 2.75) is 18.9 Å². The summed E-state index contributed by atoms with van der Waals surface area (Å²) in [6, 6.07) is 0.231. The molecule has 0 radical (unpaired) electrons. The minimum Gasteiger partial charge on any atom is -0.384 e. The highest BCUT2D eigenvalue weighted by atomic mass is 15.2. The van der Waals surface area contributed by atoms with Gasteiger partial charge in [0.15, 0.2) is 0 Å². The quantitative estimate of drug-likeness (QED) is 0.183. The van der Waals surface area contributed by atoms with Crippen LogP contribution in [0.25, 0.3) is 0 Å². The lowest BCUT2D eigenvalue weighted by Crippen LogP contribution is -2.37. The molecule has 1 aliphatic rings. The third kappa shape index (κ3) is 1.32. The Morgan fingerprint density at radius 3 is 2.89 bits per heavy atom. The lowest BCUT2D eigenvalue weighted by atomic mass is 10.2. The van der Waals surface area contributed by atoms with Crippen molar-refractivity contribution in [1.82, 2.24) is 5.32 Å². The van der Waals surface area contributed by atoms with Crippen LogP contribution in [0.3, 0.4) is 0 Å². The molecule has 1 unspecified atom stereocenters. The highest BCUT2D eigenvalue weighted by Gasteiger charge is 2.16. The van der Waals surface area contributed by atoms with E-state index in [1.54, 1.807) is 0 Å². The van der Waals surface area contributed by atoms with Crippen LogP contribution in [0.4, 0.5) is 0 Å². The van der Waals surface area contributed by atoms with Crippen LogP contribution in [-0.2, 0) is 0 Å². The van der Waals surface area contributed by atoms with Crippen LogP contribution >= 0.6 is 0 Å². The molecule has 1 fully saturated rings. The molecule has 0 amide bonds. The number of hydrazone groups is 1. The number of amidine groups is 1. The van der Waals surface area contributed by atoms with Crippen LogP contribution < -0.4 is 16.9 Å². The smallest absolute Gasteiger partial charge is 0.136 e. The summed E-state index contributed by atoms with van der Waals surface area (Å²) >= 11 is 0. The second kappa shape index (κ2) is 2.68. The van der Waals surface area contributed by atoms with Crippen LogP contribution in [0.1, 0.15) is 12.8 Å². The molecule has 4 heteroatoms. The summed E-state index contributed by atoms with van der Waals surface area (Å²) in [7, 11) is 0. The molecule has 52 valence electrons. The molecule has 0 saturated carbocycles. The number of nitrogens with zero attached hydrogens (tertiary/aromatic N) is 1. The van der Waals surface area contributed by atoms with Gasteiger partial charge in [0.2, 0.25) is 0 Å². The fourth-order valence-electron chi connectivity index (χ4n) is 1.03. The summed E-state index contributed by atoms with van der Waals surface area (Å²) < 4.78 is 0. The van der Waals surface area contributed by atoms with Gasteiger partial charge in [-0.1, -0.05) is 0 Å². The normalized spacial score (nSPS) is 28.9. The summed E-state index contributed by atoms with van der Waals surface area (Å²) in [5.74, 6) is 5.50. The van der Waals surface area contributed by atoms with E-state index in [0.717, 1.165) is 13.0 Å². The molecule has 0 spiro atoms. The number of nitrogens with two attached hydrogens (primary N) is 2. The van der Waals surface area contributed by atoms with Crippen molar-refractivity contribution < 1.29 is 0 Å². The van der Waals surface area contributed by atoms with Crippen LogP contribution in [0.5, 0.6) is 0 Å². The molecule has 1 rings (SSSR count). The van der Waals surface area contributed by atoms with Crippen LogP contribution in [-0.4, -0.2) is 18.4 Å².